The van der Waals surface area contributed by atoms with Crippen LogP contribution in [0.4, 0.5) is 0 Å². The molecule has 1 aromatic heterocycles. The van der Waals surface area contributed by atoms with Crippen LogP contribution in [0, 0.1) is 0 Å². The number of benzene rings is 1. The van der Waals surface area contributed by atoms with Gasteiger partial charge in [0, 0.05) is 18.7 Å². The molecule has 7 heteroatoms. The monoisotopic (exact) mass is 388 g/mol. The molecule has 0 atom stereocenters. The lowest BCUT2D eigenvalue weighted by molar-refractivity contribution is 0.0599. The van der Waals surface area contributed by atoms with E-state index in [9.17, 15) is 9.59 Å². The van der Waals surface area contributed by atoms with Crippen molar-refractivity contribution in [2.45, 2.75) is 20.4 Å². The number of rotatable bonds is 10. The quantitative estimate of drug-likeness (QED) is 0.495. The van der Waals surface area contributed by atoms with Gasteiger partial charge >= 0.3 is 11.9 Å². The molecule has 0 fully saturated rings. The summed E-state index contributed by atoms with van der Waals surface area (Å²) in [6.45, 7) is 8.79. The number of carbonyl (C=O) groups excluding carboxylic acids is 2. The van der Waals surface area contributed by atoms with Crippen molar-refractivity contribution in [2.75, 3.05) is 40.4 Å². The van der Waals surface area contributed by atoms with Crippen molar-refractivity contribution in [3.05, 3.63) is 47.2 Å². The predicted molar refractivity (Wildman–Crippen MR) is 106 cm³/mol. The molecule has 0 radical (unpaired) electrons. The molecule has 2 rings (SSSR count). The molecule has 28 heavy (non-hydrogen) atoms. The molecule has 0 aliphatic rings. The second-order valence-electron chi connectivity index (χ2n) is 6.25. The maximum atomic E-state index is 11.9. The second-order valence-corrected chi connectivity index (χ2v) is 6.25. The highest BCUT2D eigenvalue weighted by molar-refractivity contribution is 5.97. The van der Waals surface area contributed by atoms with Crippen LogP contribution in [0.3, 0.4) is 0 Å². The first-order chi connectivity index (χ1) is 13.5. The number of methoxy groups -OCH3 is 2. The third-order valence-electron chi connectivity index (χ3n) is 4.52. The van der Waals surface area contributed by atoms with Crippen molar-refractivity contribution in [1.29, 1.82) is 0 Å². The first kappa shape index (κ1) is 21.7. The Kier molecular flexibility index (Phi) is 8.22. The third-order valence-corrected chi connectivity index (χ3v) is 4.52. The predicted octanol–water partition coefficient (Wildman–Crippen LogP) is 2.95. The highest BCUT2D eigenvalue weighted by Crippen LogP contribution is 2.25. The van der Waals surface area contributed by atoms with E-state index < -0.39 is 11.9 Å². The lowest BCUT2D eigenvalue weighted by Gasteiger charge is -2.17. The Labute approximate surface area is 165 Å². The third kappa shape index (κ3) is 5.68. The molecule has 1 aromatic carbocycles. The van der Waals surface area contributed by atoms with Crippen molar-refractivity contribution < 1.29 is 23.5 Å². The molecule has 152 valence electrons. The van der Waals surface area contributed by atoms with Gasteiger partial charge in [-0.3, -0.25) is 0 Å². The Morgan fingerprint density at radius 1 is 1.00 bits per heavy atom. The van der Waals surface area contributed by atoms with E-state index in [1.54, 1.807) is 12.1 Å². The van der Waals surface area contributed by atoms with E-state index in [4.69, 9.17) is 13.9 Å². The average molecular weight is 388 g/mol. The summed E-state index contributed by atoms with van der Waals surface area (Å²) in [4.78, 5) is 26.2. The van der Waals surface area contributed by atoms with Gasteiger partial charge in [-0.2, -0.15) is 0 Å². The number of carbonyl (C=O) groups is 2. The standard InChI is InChI=1S/C21H28N2O5/c1-5-23(6-2)10-9-22-14-18-7-8-19(28-18)15-11-16(20(24)26-3)13-17(12-15)21(25)27-4/h7-8,11-13,22H,5-6,9-10,14H2,1-4H3. The minimum atomic E-state index is -0.531. The first-order valence-corrected chi connectivity index (χ1v) is 9.36. The summed E-state index contributed by atoms with van der Waals surface area (Å²) in [7, 11) is 2.59. The second kappa shape index (κ2) is 10.6. The van der Waals surface area contributed by atoms with Gasteiger partial charge in [0.25, 0.3) is 0 Å². The van der Waals surface area contributed by atoms with Crippen LogP contribution in [-0.4, -0.2) is 57.2 Å². The zero-order valence-electron chi connectivity index (χ0n) is 16.9. The Balaban J connectivity index is 2.12. The van der Waals surface area contributed by atoms with Crippen molar-refractivity contribution in [2.24, 2.45) is 0 Å². The Hall–Kier alpha value is -2.64. The zero-order chi connectivity index (χ0) is 20.5. The molecule has 0 aliphatic heterocycles. The van der Waals surface area contributed by atoms with Crippen LogP contribution in [0.1, 0.15) is 40.3 Å². The van der Waals surface area contributed by atoms with E-state index in [1.165, 1.54) is 20.3 Å². The molecule has 0 aliphatic carbocycles. The fourth-order valence-electron chi connectivity index (χ4n) is 2.86. The first-order valence-electron chi connectivity index (χ1n) is 9.36. The molecule has 0 amide bonds. The Bertz CT molecular complexity index is 762. The molecule has 0 saturated heterocycles. The van der Waals surface area contributed by atoms with E-state index in [2.05, 4.69) is 24.1 Å². The number of likely N-dealkylation sites (N-methyl/N-ethyl adjacent to an activating group) is 1. The number of furan rings is 1. The van der Waals surface area contributed by atoms with Gasteiger partial charge in [-0.1, -0.05) is 13.8 Å². The van der Waals surface area contributed by atoms with Crippen molar-refractivity contribution in [3.63, 3.8) is 0 Å². The normalized spacial score (nSPS) is 10.9. The highest BCUT2D eigenvalue weighted by atomic mass is 16.5. The van der Waals surface area contributed by atoms with Crippen LogP contribution in [0.5, 0.6) is 0 Å². The number of esters is 2. The Morgan fingerprint density at radius 3 is 2.14 bits per heavy atom. The van der Waals surface area contributed by atoms with Gasteiger partial charge in [-0.15, -0.1) is 0 Å². The van der Waals surface area contributed by atoms with Crippen molar-refractivity contribution in [1.82, 2.24) is 10.2 Å². The van der Waals surface area contributed by atoms with Gasteiger partial charge < -0.3 is 24.1 Å². The zero-order valence-corrected chi connectivity index (χ0v) is 16.9. The lowest BCUT2D eigenvalue weighted by Crippen LogP contribution is -2.31. The summed E-state index contributed by atoms with van der Waals surface area (Å²) < 4.78 is 15.4. The lowest BCUT2D eigenvalue weighted by atomic mass is 10.0. The van der Waals surface area contributed by atoms with Crippen LogP contribution >= 0.6 is 0 Å². The summed E-state index contributed by atoms with van der Waals surface area (Å²) in [5, 5.41) is 3.36. The van der Waals surface area contributed by atoms with Crippen LogP contribution in [0.25, 0.3) is 11.3 Å². The van der Waals surface area contributed by atoms with Gasteiger partial charge in [0.1, 0.15) is 11.5 Å². The summed E-state index contributed by atoms with van der Waals surface area (Å²) in [5.41, 5.74) is 1.13. The van der Waals surface area contributed by atoms with Gasteiger partial charge in [-0.25, -0.2) is 9.59 Å². The maximum Gasteiger partial charge on any atom is 0.337 e. The van der Waals surface area contributed by atoms with E-state index in [-0.39, 0.29) is 11.1 Å². The van der Waals surface area contributed by atoms with E-state index >= 15 is 0 Å². The average Bonchev–Trinajstić information content (AvgIpc) is 3.21. The Morgan fingerprint density at radius 2 is 1.61 bits per heavy atom. The fraction of sp³-hybridized carbons (Fsp3) is 0.429. The topological polar surface area (TPSA) is 81.0 Å². The minimum absolute atomic E-state index is 0.260. The molecule has 7 nitrogen and oxygen atoms in total. The maximum absolute atomic E-state index is 11.9. The molecule has 1 N–H and O–H groups in total. The smallest absolute Gasteiger partial charge is 0.337 e. The van der Waals surface area contributed by atoms with Gasteiger partial charge in [-0.05, 0) is 43.4 Å². The molecular weight excluding hydrogens is 360 g/mol. The van der Waals surface area contributed by atoms with Crippen LogP contribution < -0.4 is 5.32 Å². The summed E-state index contributed by atoms with van der Waals surface area (Å²) in [6, 6.07) is 8.41. The van der Waals surface area contributed by atoms with Crippen LogP contribution in [-0.2, 0) is 16.0 Å². The van der Waals surface area contributed by atoms with Gasteiger partial charge in [0.2, 0.25) is 0 Å². The van der Waals surface area contributed by atoms with Crippen LogP contribution in [0.2, 0.25) is 0 Å². The van der Waals surface area contributed by atoms with Crippen molar-refractivity contribution in [3.8, 4) is 11.3 Å². The van der Waals surface area contributed by atoms with Crippen LogP contribution in [0.15, 0.2) is 34.7 Å². The summed E-state index contributed by atoms with van der Waals surface area (Å²) in [6.07, 6.45) is 0. The van der Waals surface area contributed by atoms with Gasteiger partial charge in [0.05, 0.1) is 31.9 Å². The number of nitrogens with zero attached hydrogens (tertiary/aromatic N) is 1. The molecule has 0 bridgehead atoms. The van der Waals surface area contributed by atoms with Crippen molar-refractivity contribution >= 4 is 11.9 Å². The molecular formula is C21H28N2O5. The highest BCUT2D eigenvalue weighted by Gasteiger charge is 2.16. The minimum Gasteiger partial charge on any atom is -0.465 e. The molecule has 0 saturated carbocycles. The molecule has 2 aromatic rings. The summed E-state index contributed by atoms with van der Waals surface area (Å²) >= 11 is 0. The van der Waals surface area contributed by atoms with Gasteiger partial charge in [0.15, 0.2) is 0 Å². The SMILES string of the molecule is CCN(CC)CCNCc1ccc(-c2cc(C(=O)OC)cc(C(=O)OC)c2)o1. The van der Waals surface area contributed by atoms with E-state index in [0.29, 0.717) is 17.9 Å². The summed E-state index contributed by atoms with van der Waals surface area (Å²) in [5.74, 6) is 0.280. The molecule has 0 unspecified atom stereocenters. The number of hydrogen-bond donors (Lipinski definition) is 1. The number of ether oxygens (including phenoxy) is 2. The number of hydrogen-bond acceptors (Lipinski definition) is 7. The van der Waals surface area contributed by atoms with E-state index in [1.807, 2.05) is 12.1 Å². The fourth-order valence-corrected chi connectivity index (χ4v) is 2.86. The largest absolute Gasteiger partial charge is 0.465 e. The van der Waals surface area contributed by atoms with E-state index in [0.717, 1.165) is 31.9 Å². The number of nitrogens with one attached hydrogen (secondary N) is 1. The molecule has 1 heterocycles. The molecule has 0 spiro atoms.